The van der Waals surface area contributed by atoms with Crippen molar-refractivity contribution in [1.82, 2.24) is 15.8 Å². The molecule has 0 bridgehead atoms. The van der Waals surface area contributed by atoms with E-state index >= 15 is 0 Å². The van der Waals surface area contributed by atoms with Gasteiger partial charge in [-0.2, -0.15) is 13.2 Å². The number of hydrazine groups is 1. The number of hydrogen-bond acceptors (Lipinski definition) is 4. The van der Waals surface area contributed by atoms with Gasteiger partial charge in [-0.1, -0.05) is 23.7 Å². The normalized spacial score (nSPS) is 10.9. The van der Waals surface area contributed by atoms with E-state index in [4.69, 9.17) is 16.3 Å². The quantitative estimate of drug-likeness (QED) is 0.637. The van der Waals surface area contributed by atoms with Crippen molar-refractivity contribution in [2.24, 2.45) is 0 Å². The Bertz CT molecular complexity index is 784. The van der Waals surface area contributed by atoms with E-state index < -0.39 is 30.2 Å². The second-order valence-corrected chi connectivity index (χ2v) is 5.05. The number of hydrogen-bond donors (Lipinski definition) is 2. The first-order valence-corrected chi connectivity index (χ1v) is 7.15. The lowest BCUT2D eigenvalue weighted by atomic mass is 10.2. The number of rotatable bonds is 4. The molecule has 132 valence electrons. The van der Waals surface area contributed by atoms with E-state index in [1.165, 1.54) is 24.3 Å². The van der Waals surface area contributed by atoms with E-state index in [0.29, 0.717) is 0 Å². The van der Waals surface area contributed by atoms with Crippen molar-refractivity contribution in [3.8, 4) is 5.75 Å². The van der Waals surface area contributed by atoms with Gasteiger partial charge in [0.2, 0.25) is 0 Å². The molecule has 0 aliphatic rings. The molecule has 0 radical (unpaired) electrons. The number of ether oxygens (including phenoxy) is 1. The van der Waals surface area contributed by atoms with Crippen molar-refractivity contribution in [3.05, 3.63) is 58.9 Å². The molecule has 0 saturated carbocycles. The van der Waals surface area contributed by atoms with E-state index in [0.717, 1.165) is 18.2 Å². The maximum absolute atomic E-state index is 12.6. The van der Waals surface area contributed by atoms with Gasteiger partial charge in [-0.25, -0.2) is 4.98 Å². The highest BCUT2D eigenvalue weighted by Gasteiger charge is 2.30. The van der Waals surface area contributed by atoms with Gasteiger partial charge in [-0.3, -0.25) is 20.4 Å². The zero-order chi connectivity index (χ0) is 18.4. The first kappa shape index (κ1) is 18.5. The number of nitrogens with zero attached hydrogens (tertiary/aromatic N) is 1. The van der Waals surface area contributed by atoms with Gasteiger partial charge in [0.15, 0.2) is 6.61 Å². The lowest BCUT2D eigenvalue weighted by molar-refractivity contribution is -0.137. The van der Waals surface area contributed by atoms with Gasteiger partial charge >= 0.3 is 6.18 Å². The summed E-state index contributed by atoms with van der Waals surface area (Å²) in [5.41, 5.74) is 3.21. The lowest BCUT2D eigenvalue weighted by Crippen LogP contribution is -2.44. The summed E-state index contributed by atoms with van der Waals surface area (Å²) in [6, 6.07) is 8.43. The van der Waals surface area contributed by atoms with Gasteiger partial charge < -0.3 is 4.74 Å². The summed E-state index contributed by atoms with van der Waals surface area (Å²) in [5.74, 6) is -1.62. The topological polar surface area (TPSA) is 80.3 Å². The molecule has 0 aliphatic carbocycles. The van der Waals surface area contributed by atoms with Crippen LogP contribution in [0.2, 0.25) is 5.15 Å². The number of alkyl halides is 3. The van der Waals surface area contributed by atoms with E-state index in [1.807, 2.05) is 5.43 Å². The van der Waals surface area contributed by atoms with Gasteiger partial charge in [0.05, 0.1) is 5.56 Å². The van der Waals surface area contributed by atoms with Crippen LogP contribution >= 0.6 is 11.6 Å². The third kappa shape index (κ3) is 5.64. The Labute approximate surface area is 144 Å². The zero-order valence-electron chi connectivity index (χ0n) is 12.4. The van der Waals surface area contributed by atoms with Gasteiger partial charge in [0, 0.05) is 0 Å². The summed E-state index contributed by atoms with van der Waals surface area (Å²) in [6.45, 7) is -0.593. The summed E-state index contributed by atoms with van der Waals surface area (Å²) >= 11 is 5.64. The molecule has 0 saturated heterocycles. The average Bonchev–Trinajstić information content (AvgIpc) is 2.57. The number of amides is 2. The van der Waals surface area contributed by atoms with Crippen LogP contribution in [0.1, 0.15) is 16.1 Å². The Balaban J connectivity index is 1.84. The van der Waals surface area contributed by atoms with E-state index in [1.54, 1.807) is 0 Å². The molecule has 2 N–H and O–H groups in total. The van der Waals surface area contributed by atoms with Crippen LogP contribution in [0, 0.1) is 0 Å². The molecule has 0 aliphatic heterocycles. The summed E-state index contributed by atoms with van der Waals surface area (Å²) in [6.07, 6.45) is -4.51. The third-order valence-electron chi connectivity index (χ3n) is 2.79. The molecule has 2 rings (SSSR count). The largest absolute Gasteiger partial charge is 0.484 e. The Morgan fingerprint density at radius 1 is 1.12 bits per heavy atom. The maximum atomic E-state index is 12.6. The van der Waals surface area contributed by atoms with Crippen LogP contribution in [0.5, 0.6) is 5.75 Å². The summed E-state index contributed by atoms with van der Waals surface area (Å²) in [4.78, 5) is 27.0. The fourth-order valence-electron chi connectivity index (χ4n) is 1.67. The molecule has 2 amide bonds. The lowest BCUT2D eigenvalue weighted by Gasteiger charge is -2.11. The molecule has 6 nitrogen and oxygen atoms in total. The molecule has 0 spiro atoms. The fraction of sp³-hybridized carbons (Fsp3) is 0.133. The standard InChI is InChI=1S/C15H11ClF3N3O3/c16-12-6-2-5-11(20-12)14(24)22-21-13(23)8-25-10-4-1-3-9(7-10)15(17,18)19/h1-7H,8H2,(H,21,23)(H,22,24). The molecule has 0 unspecified atom stereocenters. The van der Waals surface area contributed by atoms with Crippen LogP contribution in [0.25, 0.3) is 0 Å². The molecule has 0 fully saturated rings. The minimum Gasteiger partial charge on any atom is -0.484 e. The van der Waals surface area contributed by atoms with Gasteiger partial charge in [-0.05, 0) is 30.3 Å². The van der Waals surface area contributed by atoms with E-state index in [2.05, 4.69) is 10.4 Å². The molecule has 10 heteroatoms. The predicted octanol–water partition coefficient (Wildman–Crippen LogP) is 2.59. The van der Waals surface area contributed by atoms with E-state index in [9.17, 15) is 22.8 Å². The number of halogens is 4. The Morgan fingerprint density at radius 2 is 1.84 bits per heavy atom. The highest BCUT2D eigenvalue weighted by atomic mass is 35.5. The summed E-state index contributed by atoms with van der Waals surface area (Å²) < 4.78 is 42.7. The third-order valence-corrected chi connectivity index (χ3v) is 3.00. The van der Waals surface area contributed by atoms with Crippen LogP contribution in [0.15, 0.2) is 42.5 Å². The average molecular weight is 374 g/mol. The van der Waals surface area contributed by atoms with Crippen molar-refractivity contribution < 1.29 is 27.5 Å². The highest BCUT2D eigenvalue weighted by molar-refractivity contribution is 6.29. The van der Waals surface area contributed by atoms with Crippen molar-refractivity contribution in [1.29, 1.82) is 0 Å². The molecule has 1 aromatic heterocycles. The van der Waals surface area contributed by atoms with Crippen molar-refractivity contribution in [2.45, 2.75) is 6.18 Å². The van der Waals surface area contributed by atoms with Crippen LogP contribution < -0.4 is 15.6 Å². The highest BCUT2D eigenvalue weighted by Crippen LogP contribution is 2.31. The van der Waals surface area contributed by atoms with Crippen molar-refractivity contribution in [3.63, 3.8) is 0 Å². The Hall–Kier alpha value is -2.81. The number of carbonyl (C=O) groups excluding carboxylic acids is 2. The predicted molar refractivity (Wildman–Crippen MR) is 81.8 cm³/mol. The van der Waals surface area contributed by atoms with Gasteiger partial charge in [0.1, 0.15) is 16.6 Å². The molecular weight excluding hydrogens is 363 g/mol. The Kier molecular flexibility index (Phi) is 5.81. The van der Waals surface area contributed by atoms with Crippen LogP contribution in [-0.4, -0.2) is 23.4 Å². The second-order valence-electron chi connectivity index (χ2n) is 4.66. The SMILES string of the molecule is O=C(COc1cccc(C(F)(F)F)c1)NNC(=O)c1cccc(Cl)n1. The van der Waals surface area contributed by atoms with Crippen LogP contribution in [0.4, 0.5) is 13.2 Å². The second kappa shape index (κ2) is 7.84. The minimum absolute atomic E-state index is 0.0217. The molecule has 0 atom stereocenters. The van der Waals surface area contributed by atoms with Gasteiger partial charge in [0.25, 0.3) is 11.8 Å². The van der Waals surface area contributed by atoms with Crippen molar-refractivity contribution in [2.75, 3.05) is 6.61 Å². The first-order valence-electron chi connectivity index (χ1n) is 6.77. The monoisotopic (exact) mass is 373 g/mol. The first-order chi connectivity index (χ1) is 11.8. The maximum Gasteiger partial charge on any atom is 0.416 e. The number of benzene rings is 1. The molecule has 1 aromatic carbocycles. The number of carbonyl (C=O) groups is 2. The zero-order valence-corrected chi connectivity index (χ0v) is 13.2. The van der Waals surface area contributed by atoms with Crippen molar-refractivity contribution >= 4 is 23.4 Å². The van der Waals surface area contributed by atoms with Gasteiger partial charge in [-0.15, -0.1) is 0 Å². The fourth-order valence-corrected chi connectivity index (χ4v) is 1.84. The van der Waals surface area contributed by atoms with Crippen LogP contribution in [-0.2, 0) is 11.0 Å². The number of nitrogens with one attached hydrogen (secondary N) is 2. The van der Waals surface area contributed by atoms with E-state index in [-0.39, 0.29) is 16.6 Å². The summed E-state index contributed by atoms with van der Waals surface area (Å²) in [5, 5.41) is 0.104. The molecule has 1 heterocycles. The minimum atomic E-state index is -4.51. The Morgan fingerprint density at radius 3 is 2.52 bits per heavy atom. The summed E-state index contributed by atoms with van der Waals surface area (Å²) in [7, 11) is 0. The van der Waals surface area contributed by atoms with Crippen LogP contribution in [0.3, 0.4) is 0 Å². The number of aromatic nitrogens is 1. The molecular formula is C15H11ClF3N3O3. The molecule has 25 heavy (non-hydrogen) atoms. The molecule has 2 aromatic rings. The number of pyridine rings is 1. The smallest absolute Gasteiger partial charge is 0.416 e.